The van der Waals surface area contributed by atoms with Crippen molar-refractivity contribution in [2.45, 2.75) is 47.7 Å². The maximum atomic E-state index is 5.93. The predicted octanol–water partition coefficient (Wildman–Crippen LogP) is 6.05. The van der Waals surface area contributed by atoms with E-state index in [1.807, 2.05) is 12.7 Å². The van der Waals surface area contributed by atoms with E-state index in [1.54, 1.807) is 21.3 Å². The molecule has 0 fully saturated rings. The number of rotatable bonds is 7. The van der Waals surface area contributed by atoms with Gasteiger partial charge in [-0.05, 0) is 86.7 Å². The molecule has 37 heavy (non-hydrogen) atoms. The summed E-state index contributed by atoms with van der Waals surface area (Å²) in [5.74, 6) is 1.94. The zero-order valence-electron chi connectivity index (χ0n) is 22.9. The fourth-order valence-electron chi connectivity index (χ4n) is 5.12. The van der Waals surface area contributed by atoms with E-state index in [0.717, 1.165) is 38.8 Å². The van der Waals surface area contributed by atoms with Crippen molar-refractivity contribution in [3.8, 4) is 17.2 Å². The maximum Gasteiger partial charge on any atom is 0.204 e. The molecule has 0 aliphatic rings. The van der Waals surface area contributed by atoms with Crippen molar-refractivity contribution in [3.05, 3.63) is 75.9 Å². The SMILES string of the molecule is COc1c(Cn2cnc3cc(C)c(C)cc32)c(C)c(Cn2cnc3cc(C)c(C)cc32)c(OC)c1OC. The van der Waals surface area contributed by atoms with E-state index in [4.69, 9.17) is 14.2 Å². The van der Waals surface area contributed by atoms with Crippen LogP contribution in [0.25, 0.3) is 22.1 Å². The minimum absolute atomic E-state index is 0.588. The quantitative estimate of drug-likeness (QED) is 0.273. The van der Waals surface area contributed by atoms with Crippen molar-refractivity contribution in [1.29, 1.82) is 0 Å². The highest BCUT2D eigenvalue weighted by atomic mass is 16.5. The van der Waals surface area contributed by atoms with Gasteiger partial charge in [0, 0.05) is 11.1 Å². The van der Waals surface area contributed by atoms with Crippen LogP contribution in [0.15, 0.2) is 36.9 Å². The second-order valence-corrected chi connectivity index (χ2v) is 9.78. The van der Waals surface area contributed by atoms with Crippen LogP contribution in [-0.2, 0) is 13.1 Å². The molecule has 0 spiro atoms. The summed E-state index contributed by atoms with van der Waals surface area (Å²) in [6.45, 7) is 11.8. The van der Waals surface area contributed by atoms with Gasteiger partial charge in [-0.15, -0.1) is 0 Å². The summed E-state index contributed by atoms with van der Waals surface area (Å²) in [6, 6.07) is 8.67. The average Bonchev–Trinajstić information content (AvgIpc) is 3.45. The molecule has 0 radical (unpaired) electrons. The molecule has 0 saturated carbocycles. The first-order valence-electron chi connectivity index (χ1n) is 12.4. The standard InChI is InChI=1S/C30H34N4O3/c1-17-9-24-26(11-19(17)3)33(15-31-24)13-22-21(5)23(29(36-7)30(37-8)28(22)35-6)14-34-16-32-25-10-18(2)20(4)12-27(25)34/h9-12,15-16H,13-14H2,1-8H3. The van der Waals surface area contributed by atoms with Gasteiger partial charge in [-0.2, -0.15) is 0 Å². The number of aromatic nitrogens is 4. The van der Waals surface area contributed by atoms with Gasteiger partial charge in [0.05, 0.1) is 69.1 Å². The number of imidazole rings is 2. The largest absolute Gasteiger partial charge is 0.492 e. The molecule has 0 amide bonds. The van der Waals surface area contributed by atoms with Crippen LogP contribution >= 0.6 is 0 Å². The lowest BCUT2D eigenvalue weighted by molar-refractivity contribution is 0.318. The van der Waals surface area contributed by atoms with E-state index in [1.165, 1.54) is 22.3 Å². The van der Waals surface area contributed by atoms with Crippen LogP contribution in [0.5, 0.6) is 17.2 Å². The lowest BCUT2D eigenvalue weighted by atomic mass is 9.98. The Morgan fingerprint density at radius 1 is 0.568 bits per heavy atom. The van der Waals surface area contributed by atoms with E-state index in [-0.39, 0.29) is 0 Å². The molecule has 7 heteroatoms. The second kappa shape index (κ2) is 9.47. The van der Waals surface area contributed by atoms with Gasteiger partial charge >= 0.3 is 0 Å². The molecule has 0 unspecified atom stereocenters. The molecule has 5 aromatic rings. The van der Waals surface area contributed by atoms with Crippen molar-refractivity contribution < 1.29 is 14.2 Å². The molecular formula is C30H34N4O3. The van der Waals surface area contributed by atoms with Gasteiger partial charge in [0.15, 0.2) is 11.5 Å². The summed E-state index contributed by atoms with van der Waals surface area (Å²) < 4.78 is 22.1. The molecular weight excluding hydrogens is 464 g/mol. The Morgan fingerprint density at radius 3 is 1.32 bits per heavy atom. The highest BCUT2D eigenvalue weighted by molar-refractivity contribution is 5.78. The minimum Gasteiger partial charge on any atom is -0.492 e. The Bertz CT molecular complexity index is 1530. The number of ether oxygens (including phenoxy) is 3. The van der Waals surface area contributed by atoms with Gasteiger partial charge in [-0.1, -0.05) is 0 Å². The number of aryl methyl sites for hydroxylation is 4. The molecule has 0 saturated heterocycles. The lowest BCUT2D eigenvalue weighted by Gasteiger charge is -2.23. The molecule has 0 bridgehead atoms. The fourth-order valence-corrected chi connectivity index (χ4v) is 5.12. The third kappa shape index (κ3) is 4.08. The normalized spacial score (nSPS) is 11.5. The van der Waals surface area contributed by atoms with E-state index >= 15 is 0 Å². The third-order valence-electron chi connectivity index (χ3n) is 7.61. The highest BCUT2D eigenvalue weighted by Gasteiger charge is 2.25. The molecule has 2 aromatic heterocycles. The second-order valence-electron chi connectivity index (χ2n) is 9.78. The fraction of sp³-hybridized carbons (Fsp3) is 0.333. The van der Waals surface area contributed by atoms with Gasteiger partial charge in [-0.25, -0.2) is 9.97 Å². The van der Waals surface area contributed by atoms with Crippen LogP contribution in [0, 0.1) is 34.6 Å². The summed E-state index contributed by atoms with van der Waals surface area (Å²) in [5, 5.41) is 0. The number of methoxy groups -OCH3 is 3. The summed E-state index contributed by atoms with van der Waals surface area (Å²) in [4.78, 5) is 9.33. The smallest absolute Gasteiger partial charge is 0.204 e. The molecule has 7 nitrogen and oxygen atoms in total. The number of hydrogen-bond acceptors (Lipinski definition) is 5. The van der Waals surface area contributed by atoms with Crippen LogP contribution in [0.4, 0.5) is 0 Å². The van der Waals surface area contributed by atoms with E-state index < -0.39 is 0 Å². The van der Waals surface area contributed by atoms with Crippen molar-refractivity contribution in [1.82, 2.24) is 19.1 Å². The first-order chi connectivity index (χ1) is 17.8. The third-order valence-corrected chi connectivity index (χ3v) is 7.61. The summed E-state index contributed by atoms with van der Waals surface area (Å²) in [5.41, 5.74) is 12.2. The lowest BCUT2D eigenvalue weighted by Crippen LogP contribution is -2.11. The molecule has 0 N–H and O–H groups in total. The molecule has 2 heterocycles. The molecule has 0 aliphatic heterocycles. The van der Waals surface area contributed by atoms with Gasteiger partial charge in [0.2, 0.25) is 5.75 Å². The van der Waals surface area contributed by atoms with Gasteiger partial charge in [0.1, 0.15) is 0 Å². The highest BCUT2D eigenvalue weighted by Crippen LogP contribution is 2.46. The van der Waals surface area contributed by atoms with Crippen molar-refractivity contribution in [2.24, 2.45) is 0 Å². The topological polar surface area (TPSA) is 63.3 Å². The van der Waals surface area contributed by atoms with Gasteiger partial charge in [0.25, 0.3) is 0 Å². The van der Waals surface area contributed by atoms with Crippen molar-refractivity contribution in [2.75, 3.05) is 21.3 Å². The van der Waals surface area contributed by atoms with Crippen LogP contribution in [0.3, 0.4) is 0 Å². The Morgan fingerprint density at radius 2 is 0.946 bits per heavy atom. The maximum absolute atomic E-state index is 5.93. The van der Waals surface area contributed by atoms with Crippen LogP contribution in [-0.4, -0.2) is 40.4 Å². The van der Waals surface area contributed by atoms with E-state index in [9.17, 15) is 0 Å². The van der Waals surface area contributed by atoms with E-state index in [2.05, 4.69) is 78.0 Å². The van der Waals surface area contributed by atoms with Crippen LogP contribution in [0.1, 0.15) is 38.9 Å². The first-order valence-corrected chi connectivity index (χ1v) is 12.4. The van der Waals surface area contributed by atoms with Crippen LogP contribution in [0.2, 0.25) is 0 Å². The van der Waals surface area contributed by atoms with Gasteiger partial charge < -0.3 is 23.3 Å². The summed E-state index contributed by atoms with van der Waals surface area (Å²) in [7, 11) is 5.00. The summed E-state index contributed by atoms with van der Waals surface area (Å²) >= 11 is 0. The number of hydrogen-bond donors (Lipinski definition) is 0. The molecule has 5 rings (SSSR count). The Kier molecular flexibility index (Phi) is 6.31. The minimum atomic E-state index is 0.588. The Balaban J connectivity index is 1.68. The zero-order valence-corrected chi connectivity index (χ0v) is 22.9. The molecule has 192 valence electrons. The monoisotopic (exact) mass is 498 g/mol. The first kappa shape index (κ1) is 24.7. The Hall–Kier alpha value is -4.00. The number of fused-ring (bicyclic) bond motifs is 2. The van der Waals surface area contributed by atoms with Crippen LogP contribution < -0.4 is 14.2 Å². The number of benzene rings is 3. The average molecular weight is 499 g/mol. The van der Waals surface area contributed by atoms with Crippen molar-refractivity contribution >= 4 is 22.1 Å². The zero-order chi connectivity index (χ0) is 26.4. The predicted molar refractivity (Wildman–Crippen MR) is 147 cm³/mol. The van der Waals surface area contributed by atoms with Gasteiger partial charge in [-0.3, -0.25) is 0 Å². The molecule has 0 aliphatic carbocycles. The molecule has 3 aromatic carbocycles. The van der Waals surface area contributed by atoms with E-state index in [0.29, 0.717) is 30.3 Å². The van der Waals surface area contributed by atoms with Crippen molar-refractivity contribution in [3.63, 3.8) is 0 Å². The number of nitrogens with zero attached hydrogens (tertiary/aromatic N) is 4. The Labute approximate surface area is 217 Å². The molecule has 0 atom stereocenters. The summed E-state index contributed by atoms with van der Waals surface area (Å²) in [6.07, 6.45) is 3.79.